The third kappa shape index (κ3) is 5.43. The molecule has 0 unspecified atom stereocenters. The molecule has 1 N–H and O–H groups in total. The predicted octanol–water partition coefficient (Wildman–Crippen LogP) is 4.30. The van der Waals surface area contributed by atoms with Crippen molar-refractivity contribution in [3.05, 3.63) is 56.9 Å². The highest BCUT2D eigenvalue weighted by atomic mass is 79.9. The van der Waals surface area contributed by atoms with Crippen molar-refractivity contribution in [1.29, 1.82) is 0 Å². The van der Waals surface area contributed by atoms with E-state index in [2.05, 4.69) is 31.5 Å². The number of ether oxygens (including phenoxy) is 1. The Morgan fingerprint density at radius 2 is 2.29 bits per heavy atom. The zero-order valence-corrected chi connectivity index (χ0v) is 15.2. The van der Waals surface area contributed by atoms with E-state index in [1.807, 2.05) is 6.92 Å². The second-order valence-corrected chi connectivity index (χ2v) is 6.13. The van der Waals surface area contributed by atoms with Crippen LogP contribution in [0.2, 0.25) is 5.02 Å². The maximum absolute atomic E-state index is 13.3. The average Bonchev–Trinajstić information content (AvgIpc) is 2.54. The number of anilines is 1. The SMILES string of the molecule is Cc1cc(NC(=O)OCC[N]Cc2cccc(F)c2Cl)ncc1Br. The molecule has 0 aliphatic carbocycles. The lowest BCUT2D eigenvalue weighted by Gasteiger charge is -2.08. The molecule has 0 spiro atoms. The molecule has 1 aromatic heterocycles. The maximum atomic E-state index is 13.3. The van der Waals surface area contributed by atoms with Crippen LogP contribution in [0.3, 0.4) is 0 Å². The highest BCUT2D eigenvalue weighted by Gasteiger charge is 2.07. The molecular weight excluding hydrogens is 401 g/mol. The molecule has 2 rings (SSSR count). The number of carbonyl (C=O) groups is 1. The van der Waals surface area contributed by atoms with Crippen LogP contribution in [-0.2, 0) is 11.3 Å². The van der Waals surface area contributed by atoms with Gasteiger partial charge in [0.1, 0.15) is 18.2 Å². The number of nitrogens with one attached hydrogen (secondary N) is 1. The summed E-state index contributed by atoms with van der Waals surface area (Å²) in [5.74, 6) is -0.0681. The van der Waals surface area contributed by atoms with Crippen molar-refractivity contribution in [2.45, 2.75) is 13.5 Å². The van der Waals surface area contributed by atoms with Crippen LogP contribution in [0.25, 0.3) is 0 Å². The third-order valence-electron chi connectivity index (χ3n) is 3.07. The summed E-state index contributed by atoms with van der Waals surface area (Å²) in [7, 11) is 0. The summed E-state index contributed by atoms with van der Waals surface area (Å²) in [5, 5.41) is 6.77. The second-order valence-electron chi connectivity index (χ2n) is 4.90. The molecule has 0 saturated carbocycles. The van der Waals surface area contributed by atoms with Crippen LogP contribution in [0, 0.1) is 12.7 Å². The summed E-state index contributed by atoms with van der Waals surface area (Å²) in [4.78, 5) is 15.7. The molecule has 8 heteroatoms. The summed E-state index contributed by atoms with van der Waals surface area (Å²) < 4.78 is 19.1. The number of hydrogen-bond donors (Lipinski definition) is 1. The molecule has 127 valence electrons. The Kier molecular flexibility index (Phi) is 6.96. The van der Waals surface area contributed by atoms with Gasteiger partial charge in [-0.1, -0.05) is 23.7 Å². The number of nitrogens with zero attached hydrogens (tertiary/aromatic N) is 2. The lowest BCUT2D eigenvalue weighted by atomic mass is 10.2. The van der Waals surface area contributed by atoms with E-state index in [4.69, 9.17) is 16.3 Å². The Morgan fingerprint density at radius 3 is 3.04 bits per heavy atom. The first-order valence-electron chi connectivity index (χ1n) is 7.09. The molecule has 2 aromatic rings. The van der Waals surface area contributed by atoms with Gasteiger partial charge in [-0.2, -0.15) is 0 Å². The van der Waals surface area contributed by atoms with Crippen molar-refractivity contribution < 1.29 is 13.9 Å². The van der Waals surface area contributed by atoms with Gasteiger partial charge in [0.25, 0.3) is 0 Å². The molecule has 1 heterocycles. The van der Waals surface area contributed by atoms with Crippen molar-refractivity contribution >= 4 is 39.4 Å². The van der Waals surface area contributed by atoms with Crippen LogP contribution in [0.1, 0.15) is 11.1 Å². The fourth-order valence-corrected chi connectivity index (χ4v) is 2.22. The van der Waals surface area contributed by atoms with Crippen molar-refractivity contribution in [3.8, 4) is 0 Å². The van der Waals surface area contributed by atoms with E-state index in [1.165, 1.54) is 6.07 Å². The van der Waals surface area contributed by atoms with Gasteiger partial charge in [0, 0.05) is 23.8 Å². The van der Waals surface area contributed by atoms with Gasteiger partial charge in [0.15, 0.2) is 0 Å². The smallest absolute Gasteiger partial charge is 0.412 e. The van der Waals surface area contributed by atoms with Gasteiger partial charge in [-0.3, -0.25) is 5.32 Å². The molecule has 0 fully saturated rings. The molecule has 1 radical (unpaired) electrons. The van der Waals surface area contributed by atoms with Crippen LogP contribution in [0.5, 0.6) is 0 Å². The van der Waals surface area contributed by atoms with E-state index in [-0.39, 0.29) is 24.7 Å². The Bertz CT molecular complexity index is 730. The number of aromatic nitrogens is 1. The quantitative estimate of drug-likeness (QED) is 0.716. The van der Waals surface area contributed by atoms with Crippen molar-refractivity contribution in [1.82, 2.24) is 10.3 Å². The Morgan fingerprint density at radius 1 is 1.50 bits per heavy atom. The first-order valence-corrected chi connectivity index (χ1v) is 8.26. The molecule has 1 aromatic carbocycles. The van der Waals surface area contributed by atoms with Crippen molar-refractivity contribution in [2.75, 3.05) is 18.5 Å². The first kappa shape index (κ1) is 18.6. The summed E-state index contributed by atoms with van der Waals surface area (Å²) in [6.07, 6.45) is 0.992. The minimum Gasteiger partial charge on any atom is -0.448 e. The zero-order valence-electron chi connectivity index (χ0n) is 12.9. The normalized spacial score (nSPS) is 10.5. The number of carbonyl (C=O) groups excluding carboxylic acids is 1. The van der Waals surface area contributed by atoms with Gasteiger partial charge < -0.3 is 4.74 Å². The van der Waals surface area contributed by atoms with Gasteiger partial charge in [-0.15, -0.1) is 0 Å². The monoisotopic (exact) mass is 414 g/mol. The van der Waals surface area contributed by atoms with Crippen LogP contribution in [-0.4, -0.2) is 24.2 Å². The first-order chi connectivity index (χ1) is 11.5. The molecule has 0 saturated heterocycles. The van der Waals surface area contributed by atoms with Gasteiger partial charge in [0.2, 0.25) is 0 Å². The van der Waals surface area contributed by atoms with Crippen LogP contribution in [0.4, 0.5) is 15.0 Å². The third-order valence-corrected chi connectivity index (χ3v) is 4.33. The summed E-state index contributed by atoms with van der Waals surface area (Å²) in [6.45, 7) is 2.54. The van der Waals surface area contributed by atoms with Gasteiger partial charge in [-0.05, 0) is 46.1 Å². The average molecular weight is 416 g/mol. The van der Waals surface area contributed by atoms with E-state index in [1.54, 1.807) is 24.4 Å². The summed E-state index contributed by atoms with van der Waals surface area (Å²) >= 11 is 9.16. The number of pyridine rings is 1. The number of aryl methyl sites for hydroxylation is 1. The van der Waals surface area contributed by atoms with E-state index in [0.29, 0.717) is 11.4 Å². The molecule has 1 amide bonds. The fourth-order valence-electron chi connectivity index (χ4n) is 1.82. The van der Waals surface area contributed by atoms with E-state index in [0.717, 1.165) is 10.0 Å². The molecule has 5 nitrogen and oxygen atoms in total. The van der Waals surface area contributed by atoms with Crippen molar-refractivity contribution in [3.63, 3.8) is 0 Å². The second kappa shape index (κ2) is 8.96. The standard InChI is InChI=1S/C16H15BrClFN3O2/c1-10-7-14(21-9-12(10)17)22-16(23)24-6-5-20-8-11-3-2-4-13(19)15(11)18/h2-4,7,9H,5-6,8H2,1H3,(H,21,22,23). The lowest BCUT2D eigenvalue weighted by molar-refractivity contribution is 0.161. The van der Waals surface area contributed by atoms with Crippen LogP contribution >= 0.6 is 27.5 Å². The molecular formula is C16H15BrClFN3O2. The molecule has 24 heavy (non-hydrogen) atoms. The number of amides is 1. The lowest BCUT2D eigenvalue weighted by Crippen LogP contribution is -2.20. The largest absolute Gasteiger partial charge is 0.448 e. The van der Waals surface area contributed by atoms with E-state index < -0.39 is 11.9 Å². The summed E-state index contributed by atoms with van der Waals surface area (Å²) in [6, 6.07) is 6.28. The van der Waals surface area contributed by atoms with Crippen molar-refractivity contribution in [2.24, 2.45) is 0 Å². The predicted molar refractivity (Wildman–Crippen MR) is 93.8 cm³/mol. The van der Waals surface area contributed by atoms with E-state index in [9.17, 15) is 9.18 Å². The van der Waals surface area contributed by atoms with Gasteiger partial charge >= 0.3 is 6.09 Å². The number of rotatable bonds is 6. The molecule has 0 aliphatic heterocycles. The highest BCUT2D eigenvalue weighted by molar-refractivity contribution is 9.10. The number of hydrogen-bond acceptors (Lipinski definition) is 3. The van der Waals surface area contributed by atoms with Gasteiger partial charge in [0.05, 0.1) is 5.02 Å². The molecule has 0 aliphatic rings. The minimum absolute atomic E-state index is 0.0663. The maximum Gasteiger partial charge on any atom is 0.412 e. The molecule has 0 atom stereocenters. The van der Waals surface area contributed by atoms with Crippen LogP contribution < -0.4 is 10.6 Å². The van der Waals surface area contributed by atoms with Gasteiger partial charge in [-0.25, -0.2) is 19.5 Å². The number of benzene rings is 1. The minimum atomic E-state index is -0.608. The fraction of sp³-hybridized carbons (Fsp3) is 0.250. The van der Waals surface area contributed by atoms with E-state index >= 15 is 0 Å². The zero-order chi connectivity index (χ0) is 17.5. The van der Waals surface area contributed by atoms with Crippen LogP contribution in [0.15, 0.2) is 34.9 Å². The molecule has 0 bridgehead atoms. The Hall–Kier alpha value is -1.70. The summed E-state index contributed by atoms with van der Waals surface area (Å²) in [5.41, 5.74) is 1.54. The Labute approximate surface area is 152 Å². The topological polar surface area (TPSA) is 65.3 Å². The Balaban J connectivity index is 1.69. The highest BCUT2D eigenvalue weighted by Crippen LogP contribution is 2.19. The number of halogens is 3.